The van der Waals surface area contributed by atoms with Crippen molar-refractivity contribution in [1.29, 1.82) is 0 Å². The van der Waals surface area contributed by atoms with E-state index in [0.717, 1.165) is 56.9 Å². The van der Waals surface area contributed by atoms with Crippen molar-refractivity contribution in [3.63, 3.8) is 0 Å². The van der Waals surface area contributed by atoms with Gasteiger partial charge in [0.2, 0.25) is 0 Å². The molecule has 1 aromatic carbocycles. The number of aromatic nitrogens is 1. The van der Waals surface area contributed by atoms with Crippen LogP contribution in [0.1, 0.15) is 61.0 Å². The quantitative estimate of drug-likeness (QED) is 0.589. The van der Waals surface area contributed by atoms with Gasteiger partial charge in [-0.1, -0.05) is 24.3 Å². The number of para-hydroxylation sites is 1. The Bertz CT molecular complexity index is 1010. The molecule has 3 aliphatic rings. The molecule has 35 heavy (non-hydrogen) atoms. The Morgan fingerprint density at radius 2 is 1.57 bits per heavy atom. The number of carbonyl (C=O) groups excluding carboxylic acids is 1. The number of hydrogen-bond acceptors (Lipinski definition) is 4. The summed E-state index contributed by atoms with van der Waals surface area (Å²) >= 11 is 0. The molecule has 1 aromatic heterocycles. The van der Waals surface area contributed by atoms with Gasteiger partial charge in [-0.25, -0.2) is 0 Å². The van der Waals surface area contributed by atoms with Gasteiger partial charge in [0.25, 0.3) is 5.91 Å². The number of halogens is 3. The fourth-order valence-corrected chi connectivity index (χ4v) is 5.36. The third-order valence-corrected chi connectivity index (χ3v) is 7.51. The van der Waals surface area contributed by atoms with E-state index in [0.29, 0.717) is 5.41 Å². The standard InChI is InChI=1S/C27H33N3O2.3FH/c1-26(2)9-6-21-4-3-5-23(24(21)32-26)20-29-16-10-27(11-17-29)12-18-30(19-13-27)25(31)22-7-14-28-15-8-22;;;/h3-9,14-15H,10-13,16-20H2,1-2H3;3*1H. The Morgan fingerprint density at radius 1 is 0.943 bits per heavy atom. The molecule has 0 N–H and O–H groups in total. The number of piperidine rings is 2. The second-order valence-corrected chi connectivity index (χ2v) is 10.2. The lowest BCUT2D eigenvalue weighted by Gasteiger charge is -2.47. The molecule has 4 heterocycles. The molecule has 2 aromatic rings. The number of amides is 1. The first-order chi connectivity index (χ1) is 15.4. The number of ether oxygens (including phenoxy) is 1. The van der Waals surface area contributed by atoms with Crippen LogP contribution >= 0.6 is 0 Å². The van der Waals surface area contributed by atoms with Gasteiger partial charge in [-0.05, 0) is 76.2 Å². The van der Waals surface area contributed by atoms with E-state index in [1.807, 2.05) is 17.0 Å². The number of likely N-dealkylation sites (tertiary alicyclic amines) is 2. The Labute approximate surface area is 205 Å². The Hall–Kier alpha value is -2.87. The Morgan fingerprint density at radius 3 is 2.23 bits per heavy atom. The lowest BCUT2D eigenvalue weighted by atomic mass is 9.71. The van der Waals surface area contributed by atoms with Gasteiger partial charge < -0.3 is 9.64 Å². The fraction of sp³-hybridized carbons (Fsp3) is 0.481. The molecule has 2 fully saturated rings. The molecule has 0 saturated carbocycles. The molecule has 0 aliphatic carbocycles. The van der Waals surface area contributed by atoms with E-state index in [-0.39, 0.29) is 25.6 Å². The molecule has 3 aliphatic heterocycles. The zero-order valence-electron chi connectivity index (χ0n) is 20.4. The van der Waals surface area contributed by atoms with Crippen molar-refractivity contribution in [2.45, 2.75) is 51.7 Å². The maximum Gasteiger partial charge on any atom is 0.253 e. The Balaban J connectivity index is 0.00000144. The summed E-state index contributed by atoms with van der Waals surface area (Å²) in [5.74, 6) is 1.19. The molecule has 1 amide bonds. The fourth-order valence-electron chi connectivity index (χ4n) is 5.36. The minimum absolute atomic E-state index is 0. The molecule has 0 unspecified atom stereocenters. The van der Waals surface area contributed by atoms with E-state index in [2.05, 4.69) is 54.1 Å². The van der Waals surface area contributed by atoms with Crippen LogP contribution in [0, 0.1) is 5.41 Å². The lowest BCUT2D eigenvalue weighted by Crippen LogP contribution is -2.48. The molecular formula is C27H36F3N3O2. The second kappa shape index (κ2) is 11.2. The first-order valence-electron chi connectivity index (χ1n) is 11.9. The molecule has 0 radical (unpaired) electrons. The zero-order chi connectivity index (χ0) is 22.2. The minimum atomic E-state index is -0.253. The van der Waals surface area contributed by atoms with Gasteiger partial charge >= 0.3 is 0 Å². The van der Waals surface area contributed by atoms with Crippen LogP contribution in [0.25, 0.3) is 6.08 Å². The molecule has 5 nitrogen and oxygen atoms in total. The van der Waals surface area contributed by atoms with Gasteiger partial charge in [0, 0.05) is 48.7 Å². The lowest BCUT2D eigenvalue weighted by molar-refractivity contribution is 0.0282. The van der Waals surface area contributed by atoms with Gasteiger partial charge in [0.1, 0.15) is 11.4 Å². The zero-order valence-corrected chi connectivity index (χ0v) is 20.4. The highest BCUT2D eigenvalue weighted by molar-refractivity contribution is 5.94. The maximum atomic E-state index is 12.8. The van der Waals surface area contributed by atoms with Crippen LogP contribution in [-0.2, 0) is 6.54 Å². The topological polar surface area (TPSA) is 45.7 Å². The van der Waals surface area contributed by atoms with Gasteiger partial charge in [-0.2, -0.15) is 0 Å². The first-order valence-corrected chi connectivity index (χ1v) is 11.9. The van der Waals surface area contributed by atoms with E-state index in [1.165, 1.54) is 24.0 Å². The number of benzene rings is 1. The van der Waals surface area contributed by atoms with Gasteiger partial charge in [-0.3, -0.25) is 28.8 Å². The molecular weight excluding hydrogens is 455 g/mol. The highest BCUT2D eigenvalue weighted by Crippen LogP contribution is 2.42. The SMILES string of the molecule is CC1(C)C=Cc2cccc(CN3CCC4(CC3)CCN(C(=O)c3ccncc3)CC4)c2O1.F.F.F. The van der Waals surface area contributed by atoms with Crippen LogP contribution in [0.15, 0.2) is 48.8 Å². The predicted molar refractivity (Wildman–Crippen MR) is 134 cm³/mol. The second-order valence-electron chi connectivity index (χ2n) is 10.2. The normalized spacial score (nSPS) is 19.9. The average Bonchev–Trinajstić information content (AvgIpc) is 2.81. The van der Waals surface area contributed by atoms with Gasteiger partial charge in [0.05, 0.1) is 0 Å². The van der Waals surface area contributed by atoms with Crippen molar-refractivity contribution < 1.29 is 23.6 Å². The largest absolute Gasteiger partial charge is 0.483 e. The van der Waals surface area contributed by atoms with Crippen molar-refractivity contribution >= 4 is 12.0 Å². The molecule has 1 spiro atoms. The van der Waals surface area contributed by atoms with E-state index in [1.54, 1.807) is 12.4 Å². The number of hydrogen-bond donors (Lipinski definition) is 0. The third kappa shape index (κ3) is 6.04. The van der Waals surface area contributed by atoms with E-state index < -0.39 is 0 Å². The molecule has 0 bridgehead atoms. The van der Waals surface area contributed by atoms with E-state index >= 15 is 0 Å². The smallest absolute Gasteiger partial charge is 0.253 e. The average molecular weight is 492 g/mol. The van der Waals surface area contributed by atoms with Crippen molar-refractivity contribution in [3.8, 4) is 5.75 Å². The summed E-state index contributed by atoms with van der Waals surface area (Å²) in [5, 5.41) is 0. The molecule has 0 atom stereocenters. The number of carbonyl (C=O) groups is 1. The van der Waals surface area contributed by atoms with E-state index in [4.69, 9.17) is 4.74 Å². The first kappa shape index (κ1) is 28.4. The summed E-state index contributed by atoms with van der Waals surface area (Å²) in [6, 6.07) is 10.1. The highest BCUT2D eigenvalue weighted by Gasteiger charge is 2.39. The number of fused-ring (bicyclic) bond motifs is 1. The number of rotatable bonds is 3. The summed E-state index contributed by atoms with van der Waals surface area (Å²) in [7, 11) is 0. The van der Waals surface area contributed by atoms with Crippen molar-refractivity contribution in [1.82, 2.24) is 14.8 Å². The summed E-state index contributed by atoms with van der Waals surface area (Å²) < 4.78 is 6.32. The van der Waals surface area contributed by atoms with Crippen molar-refractivity contribution in [2.75, 3.05) is 26.2 Å². The van der Waals surface area contributed by atoms with Gasteiger partial charge in [0.15, 0.2) is 0 Å². The van der Waals surface area contributed by atoms with Crippen LogP contribution in [0.3, 0.4) is 0 Å². The number of pyridine rings is 1. The summed E-state index contributed by atoms with van der Waals surface area (Å²) in [6.07, 6.45) is 12.4. The maximum absolute atomic E-state index is 12.8. The summed E-state index contributed by atoms with van der Waals surface area (Å²) in [6.45, 7) is 9.11. The van der Waals surface area contributed by atoms with Crippen molar-refractivity contribution in [3.05, 3.63) is 65.5 Å². The molecule has 5 rings (SSSR count). The van der Waals surface area contributed by atoms with Gasteiger partial charge in [-0.15, -0.1) is 0 Å². The van der Waals surface area contributed by atoms with Crippen LogP contribution in [0.5, 0.6) is 5.75 Å². The molecule has 192 valence electrons. The Kier molecular flexibility index (Phi) is 9.11. The van der Waals surface area contributed by atoms with Crippen LogP contribution in [0.2, 0.25) is 0 Å². The molecule has 8 heteroatoms. The number of nitrogens with zero attached hydrogens (tertiary/aromatic N) is 3. The minimum Gasteiger partial charge on any atom is -0.483 e. The highest BCUT2D eigenvalue weighted by atomic mass is 19.0. The monoisotopic (exact) mass is 491 g/mol. The van der Waals surface area contributed by atoms with Crippen molar-refractivity contribution in [2.24, 2.45) is 5.41 Å². The molecule has 2 saturated heterocycles. The summed E-state index contributed by atoms with van der Waals surface area (Å²) in [4.78, 5) is 21.4. The van der Waals surface area contributed by atoms with E-state index in [9.17, 15) is 4.79 Å². The third-order valence-electron chi connectivity index (χ3n) is 7.51. The summed E-state index contributed by atoms with van der Waals surface area (Å²) in [5.41, 5.74) is 3.35. The van der Waals surface area contributed by atoms with Crippen LogP contribution in [0.4, 0.5) is 14.1 Å². The van der Waals surface area contributed by atoms with Crippen LogP contribution < -0.4 is 4.74 Å². The predicted octanol–water partition coefficient (Wildman–Crippen LogP) is 5.24. The van der Waals surface area contributed by atoms with Crippen LogP contribution in [-0.4, -0.2) is 52.5 Å².